The van der Waals surface area contributed by atoms with Crippen LogP contribution in [-0.4, -0.2) is 48.6 Å². The number of amides is 2. The van der Waals surface area contributed by atoms with E-state index in [1.54, 1.807) is 49.6 Å². The van der Waals surface area contributed by atoms with Crippen molar-refractivity contribution in [1.29, 1.82) is 0 Å². The topological polar surface area (TPSA) is 70.1 Å². The third-order valence-electron chi connectivity index (χ3n) is 5.95. The molecule has 0 aromatic heterocycles. The first-order valence-electron chi connectivity index (χ1n) is 10.3. The van der Waals surface area contributed by atoms with Gasteiger partial charge in [-0.1, -0.05) is 29.8 Å². The summed E-state index contributed by atoms with van der Waals surface area (Å²) in [6, 6.07) is 12.3. The van der Waals surface area contributed by atoms with Crippen LogP contribution in [0.15, 0.2) is 48.2 Å². The largest absolute Gasteiger partial charge is 0.497 e. The maximum atomic E-state index is 13.6. The van der Waals surface area contributed by atoms with Gasteiger partial charge in [0, 0.05) is 24.7 Å². The number of aliphatic hydroxyl groups is 1. The molecule has 1 fully saturated rings. The standard InChI is InChI=1S/C24H25ClN2O4/c1-15-5-8-18(12-20(15)25)27-23(29)21(17-6-9-19(31-2)10-7-17)22(24(27)30)26-11-3-4-16(13-26)14-28/h5-10,12,16,28H,3-4,11,13-14H2,1-2H3. The van der Waals surface area contributed by atoms with E-state index in [1.165, 1.54) is 4.90 Å². The average Bonchev–Trinajstić information content (AvgIpc) is 3.05. The molecule has 2 amide bonds. The van der Waals surface area contributed by atoms with Gasteiger partial charge in [0.05, 0.1) is 18.4 Å². The molecule has 6 nitrogen and oxygen atoms in total. The van der Waals surface area contributed by atoms with Gasteiger partial charge in [0.2, 0.25) is 0 Å². The summed E-state index contributed by atoms with van der Waals surface area (Å²) in [4.78, 5) is 30.3. The zero-order valence-corrected chi connectivity index (χ0v) is 18.4. The van der Waals surface area contributed by atoms with Gasteiger partial charge in [-0.15, -0.1) is 0 Å². The number of imide groups is 1. The summed E-state index contributed by atoms with van der Waals surface area (Å²) in [6.07, 6.45) is 1.75. The zero-order valence-electron chi connectivity index (χ0n) is 17.6. The summed E-state index contributed by atoms with van der Waals surface area (Å²) < 4.78 is 5.24. The molecule has 0 saturated carbocycles. The molecule has 2 aliphatic rings. The van der Waals surface area contributed by atoms with Crippen LogP contribution in [0.4, 0.5) is 5.69 Å². The van der Waals surface area contributed by atoms with Crippen LogP contribution in [0, 0.1) is 12.8 Å². The highest BCUT2D eigenvalue weighted by Crippen LogP contribution is 2.37. The minimum atomic E-state index is -0.379. The Kier molecular flexibility index (Phi) is 6.03. The number of aliphatic hydroxyl groups excluding tert-OH is 1. The highest BCUT2D eigenvalue weighted by molar-refractivity contribution is 6.45. The third-order valence-corrected chi connectivity index (χ3v) is 6.35. The Morgan fingerprint density at radius 2 is 1.87 bits per heavy atom. The lowest BCUT2D eigenvalue weighted by atomic mass is 9.97. The molecule has 1 saturated heterocycles. The molecule has 0 spiro atoms. The van der Waals surface area contributed by atoms with Gasteiger partial charge in [0.25, 0.3) is 11.8 Å². The number of carbonyl (C=O) groups excluding carboxylic acids is 2. The lowest BCUT2D eigenvalue weighted by Gasteiger charge is -2.34. The highest BCUT2D eigenvalue weighted by atomic mass is 35.5. The van der Waals surface area contributed by atoms with Crippen molar-refractivity contribution in [2.24, 2.45) is 5.92 Å². The van der Waals surface area contributed by atoms with Crippen LogP contribution >= 0.6 is 11.6 Å². The molecule has 2 heterocycles. The van der Waals surface area contributed by atoms with E-state index in [-0.39, 0.29) is 24.3 Å². The molecular weight excluding hydrogens is 416 g/mol. The van der Waals surface area contributed by atoms with Gasteiger partial charge in [-0.05, 0) is 61.1 Å². The fraction of sp³-hybridized carbons (Fsp3) is 0.333. The van der Waals surface area contributed by atoms with Crippen LogP contribution in [-0.2, 0) is 9.59 Å². The summed E-state index contributed by atoms with van der Waals surface area (Å²) >= 11 is 6.28. The number of nitrogens with zero attached hydrogens (tertiary/aromatic N) is 2. The number of carbonyl (C=O) groups is 2. The minimum absolute atomic E-state index is 0.0566. The molecule has 0 bridgehead atoms. The molecule has 31 heavy (non-hydrogen) atoms. The van der Waals surface area contributed by atoms with Crippen molar-refractivity contribution in [2.45, 2.75) is 19.8 Å². The van der Waals surface area contributed by atoms with Crippen LogP contribution in [0.1, 0.15) is 24.0 Å². The van der Waals surface area contributed by atoms with E-state index in [4.69, 9.17) is 16.3 Å². The van der Waals surface area contributed by atoms with Crippen LogP contribution in [0.5, 0.6) is 5.75 Å². The molecule has 1 atom stereocenters. The Bertz CT molecular complexity index is 1050. The molecule has 1 unspecified atom stereocenters. The molecule has 2 aliphatic heterocycles. The summed E-state index contributed by atoms with van der Waals surface area (Å²) in [5.41, 5.74) is 2.71. The SMILES string of the molecule is COc1ccc(C2=C(N3CCCC(CO)C3)C(=O)N(c3ccc(C)c(Cl)c3)C2=O)cc1. The van der Waals surface area contributed by atoms with Crippen molar-refractivity contribution in [3.63, 3.8) is 0 Å². The highest BCUT2D eigenvalue weighted by Gasteiger charge is 2.43. The van der Waals surface area contributed by atoms with Gasteiger partial charge in [-0.25, -0.2) is 4.90 Å². The van der Waals surface area contributed by atoms with Crippen LogP contribution in [0.2, 0.25) is 5.02 Å². The van der Waals surface area contributed by atoms with Crippen LogP contribution < -0.4 is 9.64 Å². The number of halogens is 1. The van der Waals surface area contributed by atoms with Crippen molar-refractivity contribution in [3.8, 4) is 5.75 Å². The van der Waals surface area contributed by atoms with Gasteiger partial charge in [-0.3, -0.25) is 9.59 Å². The zero-order chi connectivity index (χ0) is 22.1. The number of methoxy groups -OCH3 is 1. The molecule has 1 N–H and O–H groups in total. The molecule has 2 aromatic rings. The smallest absolute Gasteiger partial charge is 0.282 e. The number of likely N-dealkylation sites (tertiary alicyclic amines) is 1. The lowest BCUT2D eigenvalue weighted by Crippen LogP contribution is -2.40. The van der Waals surface area contributed by atoms with Crippen molar-refractivity contribution < 1.29 is 19.4 Å². The summed E-state index contributed by atoms with van der Waals surface area (Å²) in [5.74, 6) is -0.00200. The maximum absolute atomic E-state index is 13.6. The molecule has 4 rings (SSSR count). The van der Waals surface area contributed by atoms with Gasteiger partial charge in [-0.2, -0.15) is 0 Å². The number of hydrogen-bond acceptors (Lipinski definition) is 5. The monoisotopic (exact) mass is 440 g/mol. The number of aryl methyl sites for hydroxylation is 1. The number of hydrogen-bond donors (Lipinski definition) is 1. The average molecular weight is 441 g/mol. The molecular formula is C24H25ClN2O4. The van der Waals surface area contributed by atoms with Crippen LogP contribution in [0.25, 0.3) is 5.57 Å². The molecule has 0 radical (unpaired) electrons. The van der Waals surface area contributed by atoms with Crippen molar-refractivity contribution in [2.75, 3.05) is 31.7 Å². The Morgan fingerprint density at radius 1 is 1.13 bits per heavy atom. The number of piperidine rings is 1. The quantitative estimate of drug-likeness (QED) is 0.719. The van der Waals surface area contributed by atoms with Crippen molar-refractivity contribution in [1.82, 2.24) is 4.90 Å². The Hall–Kier alpha value is -2.83. The second kappa shape index (κ2) is 8.73. The van der Waals surface area contributed by atoms with E-state index in [0.29, 0.717) is 46.4 Å². The number of rotatable bonds is 5. The number of benzene rings is 2. The molecule has 7 heteroatoms. The van der Waals surface area contributed by atoms with Gasteiger partial charge in [0.15, 0.2) is 0 Å². The predicted molar refractivity (Wildman–Crippen MR) is 120 cm³/mol. The first kappa shape index (κ1) is 21.4. The molecule has 2 aromatic carbocycles. The number of ether oxygens (including phenoxy) is 1. The first-order chi connectivity index (χ1) is 14.9. The second-order valence-electron chi connectivity index (χ2n) is 7.97. The van der Waals surface area contributed by atoms with E-state index in [9.17, 15) is 14.7 Å². The predicted octanol–water partition coefficient (Wildman–Crippen LogP) is 3.65. The Morgan fingerprint density at radius 3 is 2.52 bits per heavy atom. The van der Waals surface area contributed by atoms with Crippen molar-refractivity contribution in [3.05, 3.63) is 64.3 Å². The summed E-state index contributed by atoms with van der Waals surface area (Å²) in [7, 11) is 1.58. The van der Waals surface area contributed by atoms with Gasteiger partial charge < -0.3 is 14.7 Å². The molecule has 162 valence electrons. The van der Waals surface area contributed by atoms with Crippen molar-refractivity contribution >= 4 is 34.7 Å². The lowest BCUT2D eigenvalue weighted by molar-refractivity contribution is -0.120. The fourth-order valence-electron chi connectivity index (χ4n) is 4.20. The third kappa shape index (κ3) is 3.93. The Balaban J connectivity index is 1.81. The van der Waals surface area contributed by atoms with E-state index >= 15 is 0 Å². The van der Waals surface area contributed by atoms with Gasteiger partial charge in [0.1, 0.15) is 11.4 Å². The summed E-state index contributed by atoms with van der Waals surface area (Å²) in [6.45, 7) is 3.12. The van der Waals surface area contributed by atoms with E-state index in [0.717, 1.165) is 18.4 Å². The Labute approximate surface area is 186 Å². The first-order valence-corrected chi connectivity index (χ1v) is 10.7. The van der Waals surface area contributed by atoms with Crippen LogP contribution in [0.3, 0.4) is 0 Å². The molecule has 0 aliphatic carbocycles. The number of anilines is 1. The summed E-state index contributed by atoms with van der Waals surface area (Å²) in [5, 5.41) is 10.2. The maximum Gasteiger partial charge on any atom is 0.282 e. The minimum Gasteiger partial charge on any atom is -0.497 e. The van der Waals surface area contributed by atoms with Gasteiger partial charge >= 0.3 is 0 Å². The van der Waals surface area contributed by atoms with E-state index < -0.39 is 0 Å². The van der Waals surface area contributed by atoms with E-state index in [1.807, 2.05) is 11.8 Å². The normalized spacial score (nSPS) is 19.4. The van der Waals surface area contributed by atoms with E-state index in [2.05, 4.69) is 0 Å². The fourth-order valence-corrected chi connectivity index (χ4v) is 4.38. The second-order valence-corrected chi connectivity index (χ2v) is 8.38.